The summed E-state index contributed by atoms with van der Waals surface area (Å²) in [5.41, 5.74) is 1.46. The van der Waals surface area contributed by atoms with Gasteiger partial charge in [-0.2, -0.15) is 0 Å². The SMILES string of the molecule is CCC(C)n1c(SCc2ccc(OC)c(F)c2)nc2ccccc2c1=O. The van der Waals surface area contributed by atoms with Gasteiger partial charge in [0.1, 0.15) is 0 Å². The van der Waals surface area contributed by atoms with Gasteiger partial charge in [-0.05, 0) is 43.2 Å². The van der Waals surface area contributed by atoms with Gasteiger partial charge in [0.15, 0.2) is 16.7 Å². The summed E-state index contributed by atoms with van der Waals surface area (Å²) < 4.78 is 20.6. The van der Waals surface area contributed by atoms with Crippen LogP contribution < -0.4 is 10.3 Å². The minimum atomic E-state index is -0.392. The predicted molar refractivity (Wildman–Crippen MR) is 104 cm³/mol. The molecule has 4 nitrogen and oxygen atoms in total. The highest BCUT2D eigenvalue weighted by molar-refractivity contribution is 7.98. The molecule has 0 aliphatic heterocycles. The molecule has 0 bridgehead atoms. The normalized spacial score (nSPS) is 12.3. The highest BCUT2D eigenvalue weighted by atomic mass is 32.2. The molecule has 3 aromatic rings. The van der Waals surface area contributed by atoms with Gasteiger partial charge in [0, 0.05) is 11.8 Å². The zero-order valence-corrected chi connectivity index (χ0v) is 15.8. The first kappa shape index (κ1) is 18.5. The molecular formula is C20H21FN2O2S. The molecule has 3 rings (SSSR count). The first-order valence-electron chi connectivity index (χ1n) is 8.51. The average Bonchev–Trinajstić information content (AvgIpc) is 2.66. The Labute approximate surface area is 156 Å². The lowest BCUT2D eigenvalue weighted by atomic mass is 10.2. The van der Waals surface area contributed by atoms with Crippen LogP contribution in [0.15, 0.2) is 52.4 Å². The summed E-state index contributed by atoms with van der Waals surface area (Å²) >= 11 is 1.44. The Morgan fingerprint density at radius 1 is 1.27 bits per heavy atom. The molecular weight excluding hydrogens is 351 g/mol. The molecule has 0 amide bonds. The van der Waals surface area contributed by atoms with E-state index in [0.717, 1.165) is 12.0 Å². The van der Waals surface area contributed by atoms with E-state index in [2.05, 4.69) is 4.98 Å². The van der Waals surface area contributed by atoms with Crippen LogP contribution in [0.4, 0.5) is 4.39 Å². The number of hydrogen-bond acceptors (Lipinski definition) is 4. The van der Waals surface area contributed by atoms with Crippen molar-refractivity contribution >= 4 is 22.7 Å². The van der Waals surface area contributed by atoms with Crippen LogP contribution in [-0.4, -0.2) is 16.7 Å². The summed E-state index contributed by atoms with van der Waals surface area (Å²) in [7, 11) is 1.44. The quantitative estimate of drug-likeness (QED) is 0.460. The van der Waals surface area contributed by atoms with Crippen LogP contribution in [0.25, 0.3) is 10.9 Å². The van der Waals surface area contributed by atoms with E-state index in [1.54, 1.807) is 16.7 Å². The van der Waals surface area contributed by atoms with Crippen LogP contribution >= 0.6 is 11.8 Å². The van der Waals surface area contributed by atoms with Crippen LogP contribution in [0, 0.1) is 5.82 Å². The van der Waals surface area contributed by atoms with Gasteiger partial charge in [0.25, 0.3) is 5.56 Å². The predicted octanol–water partition coefficient (Wildman–Crippen LogP) is 4.81. The van der Waals surface area contributed by atoms with E-state index in [4.69, 9.17) is 4.74 Å². The average molecular weight is 372 g/mol. The van der Waals surface area contributed by atoms with Crippen molar-refractivity contribution < 1.29 is 9.13 Å². The number of halogens is 1. The Morgan fingerprint density at radius 2 is 2.04 bits per heavy atom. The van der Waals surface area contributed by atoms with Gasteiger partial charge in [-0.3, -0.25) is 9.36 Å². The Balaban J connectivity index is 1.98. The molecule has 0 spiro atoms. The maximum Gasteiger partial charge on any atom is 0.262 e. The fraction of sp³-hybridized carbons (Fsp3) is 0.300. The first-order chi connectivity index (χ1) is 12.5. The Morgan fingerprint density at radius 3 is 2.73 bits per heavy atom. The number of thioether (sulfide) groups is 1. The van der Waals surface area contributed by atoms with Crippen molar-refractivity contribution in [2.24, 2.45) is 0 Å². The van der Waals surface area contributed by atoms with Crippen LogP contribution in [0.5, 0.6) is 5.75 Å². The van der Waals surface area contributed by atoms with E-state index in [0.29, 0.717) is 21.8 Å². The second kappa shape index (κ2) is 7.91. The van der Waals surface area contributed by atoms with Crippen molar-refractivity contribution in [1.29, 1.82) is 0 Å². The van der Waals surface area contributed by atoms with Crippen LogP contribution in [0.1, 0.15) is 31.9 Å². The number of ether oxygens (including phenoxy) is 1. The Bertz CT molecular complexity index is 987. The number of rotatable bonds is 6. The molecule has 1 heterocycles. The van der Waals surface area contributed by atoms with Gasteiger partial charge >= 0.3 is 0 Å². The monoisotopic (exact) mass is 372 g/mol. The van der Waals surface area contributed by atoms with Crippen molar-refractivity contribution in [3.8, 4) is 5.75 Å². The topological polar surface area (TPSA) is 44.1 Å². The third kappa shape index (κ3) is 3.60. The van der Waals surface area contributed by atoms with Crippen LogP contribution in [-0.2, 0) is 5.75 Å². The van der Waals surface area contributed by atoms with Crippen LogP contribution in [0.2, 0.25) is 0 Å². The van der Waals surface area contributed by atoms with E-state index >= 15 is 0 Å². The standard InChI is InChI=1S/C20H21FN2O2S/c1-4-13(2)23-19(24)15-7-5-6-8-17(15)22-20(23)26-12-14-9-10-18(25-3)16(21)11-14/h5-11,13H,4,12H2,1-3H3. The molecule has 0 radical (unpaired) electrons. The lowest BCUT2D eigenvalue weighted by molar-refractivity contribution is 0.386. The molecule has 1 atom stereocenters. The molecule has 0 saturated heterocycles. The molecule has 1 aromatic heterocycles. The van der Waals surface area contributed by atoms with Crippen molar-refractivity contribution in [2.75, 3.05) is 7.11 Å². The molecule has 0 N–H and O–H groups in total. The molecule has 0 saturated carbocycles. The van der Waals surface area contributed by atoms with E-state index < -0.39 is 5.82 Å². The van der Waals surface area contributed by atoms with Crippen molar-refractivity contribution in [1.82, 2.24) is 9.55 Å². The fourth-order valence-electron chi connectivity index (χ4n) is 2.75. The second-order valence-corrected chi connectivity index (χ2v) is 7.04. The number of fused-ring (bicyclic) bond motifs is 1. The summed E-state index contributed by atoms with van der Waals surface area (Å²) in [4.78, 5) is 17.6. The number of aromatic nitrogens is 2. The van der Waals surface area contributed by atoms with Gasteiger partial charge in [0.05, 0.1) is 18.0 Å². The van der Waals surface area contributed by atoms with Crippen molar-refractivity contribution in [2.45, 2.75) is 37.2 Å². The van der Waals surface area contributed by atoms with Gasteiger partial charge in [0.2, 0.25) is 0 Å². The lowest BCUT2D eigenvalue weighted by Gasteiger charge is -2.18. The number of para-hydroxylation sites is 1. The number of benzene rings is 2. The molecule has 0 aliphatic carbocycles. The van der Waals surface area contributed by atoms with Gasteiger partial charge in [-0.1, -0.05) is 36.9 Å². The summed E-state index contributed by atoms with van der Waals surface area (Å²) in [5.74, 6) is 0.345. The molecule has 0 fully saturated rings. The number of methoxy groups -OCH3 is 1. The minimum Gasteiger partial charge on any atom is -0.494 e. The largest absolute Gasteiger partial charge is 0.494 e. The number of hydrogen-bond donors (Lipinski definition) is 0. The summed E-state index contributed by atoms with van der Waals surface area (Å²) in [5, 5.41) is 1.27. The molecule has 2 aromatic carbocycles. The van der Waals surface area contributed by atoms with E-state index in [-0.39, 0.29) is 17.4 Å². The van der Waals surface area contributed by atoms with Crippen molar-refractivity contribution in [3.63, 3.8) is 0 Å². The third-order valence-electron chi connectivity index (χ3n) is 4.39. The Hall–Kier alpha value is -2.34. The highest BCUT2D eigenvalue weighted by Gasteiger charge is 2.15. The zero-order chi connectivity index (χ0) is 18.7. The lowest BCUT2D eigenvalue weighted by Crippen LogP contribution is -2.26. The van der Waals surface area contributed by atoms with Gasteiger partial charge < -0.3 is 4.74 Å². The van der Waals surface area contributed by atoms with Gasteiger partial charge in [-0.15, -0.1) is 0 Å². The molecule has 136 valence electrons. The summed E-state index contributed by atoms with van der Waals surface area (Å²) in [6.45, 7) is 4.05. The maximum absolute atomic E-state index is 13.9. The molecule has 26 heavy (non-hydrogen) atoms. The highest BCUT2D eigenvalue weighted by Crippen LogP contribution is 2.27. The minimum absolute atomic E-state index is 0.0339. The summed E-state index contributed by atoms with van der Waals surface area (Å²) in [6.07, 6.45) is 0.824. The van der Waals surface area contributed by atoms with Gasteiger partial charge in [-0.25, -0.2) is 9.37 Å². The smallest absolute Gasteiger partial charge is 0.262 e. The zero-order valence-electron chi connectivity index (χ0n) is 15.0. The maximum atomic E-state index is 13.9. The fourth-order valence-corrected chi connectivity index (χ4v) is 3.79. The molecule has 6 heteroatoms. The molecule has 1 unspecified atom stereocenters. The molecule has 0 aliphatic rings. The first-order valence-corrected chi connectivity index (χ1v) is 9.50. The summed E-state index contributed by atoms with van der Waals surface area (Å²) in [6, 6.07) is 12.3. The third-order valence-corrected chi connectivity index (χ3v) is 5.42. The van der Waals surface area contributed by atoms with Crippen LogP contribution in [0.3, 0.4) is 0 Å². The van der Waals surface area contributed by atoms with E-state index in [1.165, 1.54) is 24.9 Å². The number of nitrogens with zero attached hydrogens (tertiary/aromatic N) is 2. The second-order valence-electron chi connectivity index (χ2n) is 6.10. The van der Waals surface area contributed by atoms with E-state index in [9.17, 15) is 9.18 Å². The van der Waals surface area contributed by atoms with E-state index in [1.807, 2.05) is 38.1 Å². The Kier molecular flexibility index (Phi) is 5.61. The van der Waals surface area contributed by atoms with Crippen molar-refractivity contribution in [3.05, 3.63) is 64.2 Å².